The van der Waals surface area contributed by atoms with E-state index in [4.69, 9.17) is 0 Å². The summed E-state index contributed by atoms with van der Waals surface area (Å²) in [6.07, 6.45) is 3.43. The molecule has 0 aromatic rings. The van der Waals surface area contributed by atoms with Crippen molar-refractivity contribution >= 4 is 10.2 Å². The smallest absolute Gasteiger partial charge is 0.282 e. The molecule has 2 heterocycles. The number of aliphatic hydroxyl groups is 1. The maximum atomic E-state index is 12.3. The van der Waals surface area contributed by atoms with Crippen LogP contribution in [0.25, 0.3) is 0 Å². The number of hydrogen-bond acceptors (Lipinski definition) is 3. The fraction of sp³-hybridized carbons (Fsp3) is 1.00. The predicted octanol–water partition coefficient (Wildman–Crippen LogP) is 0.810. The van der Waals surface area contributed by atoms with Crippen LogP contribution in [0, 0.1) is 5.92 Å². The summed E-state index contributed by atoms with van der Waals surface area (Å²) in [5.41, 5.74) is -0.787. The van der Waals surface area contributed by atoms with Gasteiger partial charge < -0.3 is 5.11 Å². The van der Waals surface area contributed by atoms with Gasteiger partial charge in [-0.2, -0.15) is 17.0 Å². The molecule has 1 N–H and O–H groups in total. The molecule has 0 aliphatic carbocycles. The summed E-state index contributed by atoms with van der Waals surface area (Å²) < 4.78 is 27.6. The van der Waals surface area contributed by atoms with Gasteiger partial charge in [0.05, 0.1) is 5.60 Å². The van der Waals surface area contributed by atoms with E-state index < -0.39 is 15.8 Å². The van der Waals surface area contributed by atoms with Crippen LogP contribution in [0.2, 0.25) is 0 Å². The topological polar surface area (TPSA) is 60.9 Å². The maximum Gasteiger partial charge on any atom is 0.282 e. The first kappa shape index (κ1) is 14.2. The van der Waals surface area contributed by atoms with Crippen LogP contribution >= 0.6 is 0 Å². The van der Waals surface area contributed by atoms with Crippen molar-refractivity contribution in [2.75, 3.05) is 26.2 Å². The lowest BCUT2D eigenvalue weighted by molar-refractivity contribution is -0.0677. The molecule has 106 valence electrons. The van der Waals surface area contributed by atoms with E-state index in [1.165, 1.54) is 4.31 Å². The molecule has 0 radical (unpaired) electrons. The van der Waals surface area contributed by atoms with Crippen LogP contribution in [0.15, 0.2) is 0 Å². The van der Waals surface area contributed by atoms with Crippen molar-refractivity contribution in [3.63, 3.8) is 0 Å². The molecule has 2 fully saturated rings. The first-order chi connectivity index (χ1) is 8.37. The first-order valence-electron chi connectivity index (χ1n) is 6.85. The predicted molar refractivity (Wildman–Crippen MR) is 70.3 cm³/mol. The Morgan fingerprint density at radius 1 is 1.22 bits per heavy atom. The molecule has 0 spiro atoms. The highest BCUT2D eigenvalue weighted by molar-refractivity contribution is 7.86. The molecule has 0 aromatic carbocycles. The minimum absolute atomic E-state index is 0.259. The van der Waals surface area contributed by atoms with Gasteiger partial charge in [-0.05, 0) is 25.2 Å². The molecule has 18 heavy (non-hydrogen) atoms. The van der Waals surface area contributed by atoms with Gasteiger partial charge in [0.15, 0.2) is 0 Å². The van der Waals surface area contributed by atoms with Crippen molar-refractivity contribution in [3.05, 3.63) is 0 Å². The van der Waals surface area contributed by atoms with Crippen molar-refractivity contribution < 1.29 is 13.5 Å². The number of rotatable bonds is 4. The van der Waals surface area contributed by atoms with Crippen LogP contribution in [-0.4, -0.2) is 53.9 Å². The van der Waals surface area contributed by atoms with Crippen LogP contribution < -0.4 is 0 Å². The molecule has 0 aromatic heterocycles. The van der Waals surface area contributed by atoms with Gasteiger partial charge in [-0.15, -0.1) is 0 Å². The summed E-state index contributed by atoms with van der Waals surface area (Å²) in [4.78, 5) is 0. The largest absolute Gasteiger partial charge is 0.387 e. The van der Waals surface area contributed by atoms with E-state index in [0.717, 1.165) is 19.3 Å². The van der Waals surface area contributed by atoms with Crippen LogP contribution in [0.3, 0.4) is 0 Å². The van der Waals surface area contributed by atoms with Gasteiger partial charge in [0, 0.05) is 26.2 Å². The Morgan fingerprint density at radius 3 is 2.28 bits per heavy atom. The Bertz CT molecular complexity index is 382. The lowest BCUT2D eigenvalue weighted by Gasteiger charge is -2.47. The minimum atomic E-state index is -3.33. The SMILES string of the molecule is CCCC1(O)CN(S(=O)(=O)N2CCC(C)CC2)C1. The fourth-order valence-corrected chi connectivity index (χ4v) is 4.58. The monoisotopic (exact) mass is 276 g/mol. The van der Waals surface area contributed by atoms with Gasteiger partial charge in [-0.1, -0.05) is 20.3 Å². The molecule has 2 rings (SSSR count). The van der Waals surface area contributed by atoms with Crippen LogP contribution in [0.5, 0.6) is 0 Å². The molecule has 2 saturated heterocycles. The van der Waals surface area contributed by atoms with Crippen molar-refractivity contribution in [1.29, 1.82) is 0 Å². The Kier molecular flexibility index (Phi) is 4.02. The summed E-state index contributed by atoms with van der Waals surface area (Å²) in [7, 11) is -3.33. The number of hydrogen-bond donors (Lipinski definition) is 1. The average molecular weight is 276 g/mol. The highest BCUT2D eigenvalue weighted by Crippen LogP contribution is 2.31. The second kappa shape index (κ2) is 5.07. The molecule has 5 nitrogen and oxygen atoms in total. The van der Waals surface area contributed by atoms with Crippen LogP contribution in [-0.2, 0) is 10.2 Å². The Morgan fingerprint density at radius 2 is 1.78 bits per heavy atom. The van der Waals surface area contributed by atoms with E-state index in [1.807, 2.05) is 6.92 Å². The first-order valence-corrected chi connectivity index (χ1v) is 8.25. The summed E-state index contributed by atoms with van der Waals surface area (Å²) >= 11 is 0. The maximum absolute atomic E-state index is 12.3. The number of β-amino-alcohol motifs (C(OH)–C–C–N with tert-alkyl or cyclic N) is 1. The zero-order valence-electron chi connectivity index (χ0n) is 11.3. The summed E-state index contributed by atoms with van der Waals surface area (Å²) in [6.45, 7) is 5.91. The van der Waals surface area contributed by atoms with E-state index in [1.54, 1.807) is 4.31 Å². The van der Waals surface area contributed by atoms with E-state index in [0.29, 0.717) is 25.4 Å². The van der Waals surface area contributed by atoms with Gasteiger partial charge >= 0.3 is 0 Å². The third-order valence-electron chi connectivity index (χ3n) is 4.05. The zero-order valence-corrected chi connectivity index (χ0v) is 12.1. The van der Waals surface area contributed by atoms with Crippen LogP contribution in [0.1, 0.15) is 39.5 Å². The van der Waals surface area contributed by atoms with Crippen molar-refractivity contribution in [3.8, 4) is 0 Å². The highest BCUT2D eigenvalue weighted by atomic mass is 32.2. The molecule has 6 heteroatoms. The van der Waals surface area contributed by atoms with Crippen molar-refractivity contribution in [1.82, 2.24) is 8.61 Å². The quantitative estimate of drug-likeness (QED) is 0.826. The Hall–Kier alpha value is -0.170. The summed E-state index contributed by atoms with van der Waals surface area (Å²) in [5, 5.41) is 10.1. The van der Waals surface area contributed by atoms with E-state index in [9.17, 15) is 13.5 Å². The van der Waals surface area contributed by atoms with E-state index in [2.05, 4.69) is 6.92 Å². The fourth-order valence-electron chi connectivity index (χ4n) is 2.78. The van der Waals surface area contributed by atoms with Gasteiger partial charge in [0.25, 0.3) is 10.2 Å². The molecular weight excluding hydrogens is 252 g/mol. The third-order valence-corrected chi connectivity index (χ3v) is 5.98. The molecule has 0 amide bonds. The molecule has 2 aliphatic rings. The molecular formula is C12H24N2O3S. The summed E-state index contributed by atoms with van der Waals surface area (Å²) in [6, 6.07) is 0. The van der Waals surface area contributed by atoms with E-state index >= 15 is 0 Å². The zero-order chi connectivity index (χ0) is 13.4. The molecule has 2 aliphatic heterocycles. The molecule has 0 unspecified atom stereocenters. The second-order valence-corrected chi connectivity index (χ2v) is 7.76. The second-order valence-electron chi connectivity index (χ2n) is 5.83. The van der Waals surface area contributed by atoms with Crippen molar-refractivity contribution in [2.24, 2.45) is 5.92 Å². The van der Waals surface area contributed by atoms with Gasteiger partial charge in [0.2, 0.25) is 0 Å². The van der Waals surface area contributed by atoms with Crippen LogP contribution in [0.4, 0.5) is 0 Å². The Balaban J connectivity index is 1.93. The minimum Gasteiger partial charge on any atom is -0.387 e. The van der Waals surface area contributed by atoms with E-state index in [-0.39, 0.29) is 13.1 Å². The molecule has 0 saturated carbocycles. The molecule has 0 atom stereocenters. The van der Waals surface area contributed by atoms with Gasteiger partial charge in [0.1, 0.15) is 0 Å². The standard InChI is InChI=1S/C12H24N2O3S/c1-3-6-12(15)9-14(10-12)18(16,17)13-7-4-11(2)5-8-13/h11,15H,3-10H2,1-2H3. The summed E-state index contributed by atoms with van der Waals surface area (Å²) in [5.74, 6) is 0.616. The van der Waals surface area contributed by atoms with Crippen molar-refractivity contribution in [2.45, 2.75) is 45.1 Å². The molecule has 0 bridgehead atoms. The lowest BCUT2D eigenvalue weighted by atomic mass is 9.92. The lowest BCUT2D eigenvalue weighted by Crippen LogP contribution is -2.65. The Labute approximate surface area is 110 Å². The number of nitrogens with zero attached hydrogens (tertiary/aromatic N) is 2. The number of piperidine rings is 1. The van der Waals surface area contributed by atoms with Gasteiger partial charge in [-0.3, -0.25) is 0 Å². The highest BCUT2D eigenvalue weighted by Gasteiger charge is 2.48. The normalized spacial score (nSPS) is 27.1. The van der Waals surface area contributed by atoms with Gasteiger partial charge in [-0.25, -0.2) is 0 Å². The average Bonchev–Trinajstić information content (AvgIpc) is 2.26. The third kappa shape index (κ3) is 2.71.